The summed E-state index contributed by atoms with van der Waals surface area (Å²) in [4.78, 5) is 24.1. The predicted octanol–water partition coefficient (Wildman–Crippen LogP) is -1.03. The van der Waals surface area contributed by atoms with Gasteiger partial charge in [0.25, 0.3) is 16.0 Å². The lowest BCUT2D eigenvalue weighted by Gasteiger charge is -2.46. The number of rotatable bonds is 14. The van der Waals surface area contributed by atoms with Gasteiger partial charge in [0.1, 0.15) is 17.9 Å². The van der Waals surface area contributed by atoms with Crippen molar-refractivity contribution in [2.45, 2.75) is 62.6 Å². The van der Waals surface area contributed by atoms with E-state index in [2.05, 4.69) is 15.6 Å². The molecule has 0 bridgehead atoms. The monoisotopic (exact) mass is 648 g/mol. The summed E-state index contributed by atoms with van der Waals surface area (Å²) in [6.07, 6.45) is -5.82. The molecule has 1 fully saturated rings. The zero-order chi connectivity index (χ0) is 32.8. The minimum Gasteiger partial charge on any atom is -0.477 e. The molecule has 0 spiro atoms. The number of nitrogens with zero attached hydrogens (tertiary/aromatic N) is 3. The van der Waals surface area contributed by atoms with Crippen molar-refractivity contribution in [3.63, 3.8) is 0 Å². The van der Waals surface area contributed by atoms with Gasteiger partial charge in [-0.2, -0.15) is 13.1 Å². The highest BCUT2D eigenvalue weighted by Gasteiger charge is 2.55. The first kappa shape index (κ1) is 34.1. The van der Waals surface area contributed by atoms with E-state index in [0.29, 0.717) is 5.69 Å². The van der Waals surface area contributed by atoms with Gasteiger partial charge in [-0.1, -0.05) is 59.8 Å². The molecule has 1 saturated heterocycles. The second-order valence-corrected chi connectivity index (χ2v) is 12.0. The maximum Gasteiger partial charge on any atom is 0.364 e. The fourth-order valence-electron chi connectivity index (χ4n) is 4.96. The summed E-state index contributed by atoms with van der Waals surface area (Å²) in [6, 6.07) is 16.4. The van der Waals surface area contributed by atoms with Crippen LogP contribution in [0.3, 0.4) is 0 Å². The Hall–Kier alpha value is -3.81. The lowest BCUT2D eigenvalue weighted by molar-refractivity contribution is -0.310. The quantitative estimate of drug-likeness (QED) is 0.104. The molecule has 17 heteroatoms. The molecule has 0 saturated carbocycles. The number of carbonyl (C=O) groups is 2. The number of benzene rings is 2. The molecule has 1 aromatic heterocycles. The zero-order valence-electron chi connectivity index (χ0n) is 24.3. The van der Waals surface area contributed by atoms with Crippen molar-refractivity contribution in [3.8, 4) is 22.4 Å². The first-order valence-corrected chi connectivity index (χ1v) is 15.5. The molecule has 45 heavy (non-hydrogen) atoms. The van der Waals surface area contributed by atoms with Crippen LogP contribution < -0.4 is 15.2 Å². The van der Waals surface area contributed by atoms with Crippen LogP contribution in [0.1, 0.15) is 19.8 Å². The number of hydrogen-bond acceptors (Lipinski definition) is 11. The molecule has 8 N–H and O–H groups in total. The molecule has 6 atom stereocenters. The molecular formula is C28H36N6O10S. The minimum absolute atomic E-state index is 0.191. The number of hydrogen-bond donors (Lipinski definition) is 7. The third kappa shape index (κ3) is 8.89. The van der Waals surface area contributed by atoms with E-state index < -0.39 is 71.3 Å². The summed E-state index contributed by atoms with van der Waals surface area (Å²) in [7, 11) is -4.24. The summed E-state index contributed by atoms with van der Waals surface area (Å²) in [6.45, 7) is 0.454. The Morgan fingerprint density at radius 2 is 1.78 bits per heavy atom. The number of aryl methyl sites for hydroxylation is 1. The number of carbonyl (C=O) groups excluding carboxylic acids is 1. The van der Waals surface area contributed by atoms with E-state index in [9.17, 15) is 38.4 Å². The lowest BCUT2D eigenvalue weighted by Crippen LogP contribution is -2.68. The van der Waals surface area contributed by atoms with Gasteiger partial charge in [0.15, 0.2) is 0 Å². The number of aliphatic hydroxyl groups is 3. The number of carboxylic acids is 1. The maximum absolute atomic E-state index is 12.4. The van der Waals surface area contributed by atoms with Crippen molar-refractivity contribution in [2.75, 3.05) is 13.2 Å². The highest BCUT2D eigenvalue weighted by atomic mass is 32.2. The highest BCUT2D eigenvalue weighted by Crippen LogP contribution is 2.34. The Kier molecular flexibility index (Phi) is 11.0. The first-order chi connectivity index (χ1) is 21.3. The molecule has 1 aliphatic heterocycles. The molecule has 244 valence electrons. The Labute approximate surface area is 259 Å². The Morgan fingerprint density at radius 3 is 2.40 bits per heavy atom. The molecule has 1 aliphatic rings. The standard InChI is InChI=1S/C28H36N6O10S/c1-17(35)31-24-22(36)14-28(27(39)40,44-26(24)25(38)23(37)15-30-45(29,41)42)43-13-5-12-34-16-21(32-33-34)20-10-8-19(9-11-20)18-6-3-2-4-7-18/h2-4,6-11,16,22-26,30,36-38H,5,12-15H2,1H3,(H,31,35)(H,39,40)(H2,29,41,42)/t22-,23+,24+,25+,26+,28+/m0/s1. The van der Waals surface area contributed by atoms with Crippen LogP contribution >= 0.6 is 0 Å². The van der Waals surface area contributed by atoms with Crippen LogP contribution in [0.4, 0.5) is 0 Å². The second kappa shape index (κ2) is 14.5. The van der Waals surface area contributed by atoms with Crippen molar-refractivity contribution in [3.05, 3.63) is 60.8 Å². The molecule has 2 heterocycles. The fourth-order valence-corrected chi connectivity index (χ4v) is 5.36. The van der Waals surface area contributed by atoms with Crippen LogP contribution in [0, 0.1) is 0 Å². The van der Waals surface area contributed by atoms with Gasteiger partial charge in [0, 0.05) is 32.0 Å². The van der Waals surface area contributed by atoms with E-state index in [1.807, 2.05) is 54.6 Å². The molecule has 3 aromatic rings. The normalized spacial score (nSPS) is 23.3. The van der Waals surface area contributed by atoms with Crippen molar-refractivity contribution in [1.82, 2.24) is 25.0 Å². The molecule has 0 aliphatic carbocycles. The molecule has 16 nitrogen and oxygen atoms in total. The van der Waals surface area contributed by atoms with Crippen molar-refractivity contribution < 1.29 is 47.9 Å². The van der Waals surface area contributed by atoms with E-state index in [-0.39, 0.29) is 19.6 Å². The van der Waals surface area contributed by atoms with Gasteiger partial charge in [-0.25, -0.2) is 9.93 Å². The van der Waals surface area contributed by atoms with Gasteiger partial charge in [-0.3, -0.25) is 9.48 Å². The summed E-state index contributed by atoms with van der Waals surface area (Å²) in [5, 5.41) is 57.5. The fraction of sp³-hybridized carbons (Fsp3) is 0.429. The maximum atomic E-state index is 12.4. The number of carboxylic acid groups (broad SMARTS) is 1. The number of aromatic nitrogens is 3. The van der Waals surface area contributed by atoms with E-state index in [1.54, 1.807) is 15.6 Å². The van der Waals surface area contributed by atoms with Gasteiger partial charge in [0.05, 0.1) is 31.1 Å². The van der Waals surface area contributed by atoms with Crippen molar-refractivity contribution >= 4 is 22.1 Å². The summed E-state index contributed by atoms with van der Waals surface area (Å²) in [5.41, 5.74) is 3.63. The third-order valence-electron chi connectivity index (χ3n) is 7.19. The Balaban J connectivity index is 1.39. The van der Waals surface area contributed by atoms with Crippen LogP contribution in [0.5, 0.6) is 0 Å². The van der Waals surface area contributed by atoms with E-state index in [1.165, 1.54) is 0 Å². The molecule has 0 unspecified atom stereocenters. The zero-order valence-corrected chi connectivity index (χ0v) is 25.1. The number of amides is 1. The number of nitrogens with one attached hydrogen (secondary N) is 2. The average molecular weight is 649 g/mol. The van der Waals surface area contributed by atoms with Crippen molar-refractivity contribution in [1.29, 1.82) is 0 Å². The molecule has 1 amide bonds. The van der Waals surface area contributed by atoms with Gasteiger partial charge in [-0.05, 0) is 17.5 Å². The number of nitrogens with two attached hydrogens (primary N) is 1. The third-order valence-corrected chi connectivity index (χ3v) is 7.76. The SMILES string of the molecule is CC(=O)N[C@H]1[C@H]([C@H](O)[C@H](O)CNS(N)(=O)=O)O[C@@](OCCCn2cc(-c3ccc(-c4ccccc4)cc3)nn2)(C(=O)O)C[C@@H]1O. The van der Waals surface area contributed by atoms with E-state index >= 15 is 0 Å². The van der Waals surface area contributed by atoms with Gasteiger partial charge in [0.2, 0.25) is 5.91 Å². The average Bonchev–Trinajstić information content (AvgIpc) is 3.48. The summed E-state index contributed by atoms with van der Waals surface area (Å²) < 4.78 is 37.0. The van der Waals surface area contributed by atoms with Crippen LogP contribution in [0.15, 0.2) is 60.8 Å². The molecular weight excluding hydrogens is 612 g/mol. The first-order valence-electron chi connectivity index (χ1n) is 14.0. The van der Waals surface area contributed by atoms with Gasteiger partial charge >= 0.3 is 5.97 Å². The summed E-state index contributed by atoms with van der Waals surface area (Å²) in [5.74, 6) is -4.74. The number of aliphatic hydroxyl groups excluding tert-OH is 3. The molecule has 2 aromatic carbocycles. The van der Waals surface area contributed by atoms with Gasteiger partial charge < -0.3 is 35.2 Å². The predicted molar refractivity (Wildman–Crippen MR) is 158 cm³/mol. The highest BCUT2D eigenvalue weighted by molar-refractivity contribution is 7.87. The Morgan fingerprint density at radius 1 is 1.13 bits per heavy atom. The second-order valence-electron chi connectivity index (χ2n) is 10.6. The number of ether oxygens (including phenoxy) is 2. The largest absolute Gasteiger partial charge is 0.477 e. The lowest BCUT2D eigenvalue weighted by atomic mass is 9.88. The van der Waals surface area contributed by atoms with Crippen molar-refractivity contribution in [2.24, 2.45) is 5.14 Å². The van der Waals surface area contributed by atoms with Crippen LogP contribution in [-0.2, 0) is 35.8 Å². The summed E-state index contributed by atoms with van der Waals surface area (Å²) >= 11 is 0. The van der Waals surface area contributed by atoms with E-state index in [0.717, 1.165) is 23.6 Å². The van der Waals surface area contributed by atoms with E-state index in [4.69, 9.17) is 14.6 Å². The molecule has 0 radical (unpaired) electrons. The molecule has 4 rings (SSSR count). The number of aliphatic carboxylic acids is 1. The smallest absolute Gasteiger partial charge is 0.364 e. The van der Waals surface area contributed by atoms with Crippen LogP contribution in [0.25, 0.3) is 22.4 Å². The van der Waals surface area contributed by atoms with Gasteiger partial charge in [-0.15, -0.1) is 5.10 Å². The van der Waals surface area contributed by atoms with Crippen LogP contribution in [0.2, 0.25) is 0 Å². The minimum atomic E-state index is -4.24. The topological polar surface area (TPSA) is 248 Å². The Bertz CT molecular complexity index is 1560. The van der Waals surface area contributed by atoms with Crippen LogP contribution in [-0.4, -0.2) is 105 Å².